The van der Waals surface area contributed by atoms with E-state index >= 15 is 0 Å². The van der Waals surface area contributed by atoms with Gasteiger partial charge in [0.05, 0.1) is 17.9 Å². The second kappa shape index (κ2) is 15.5. The number of carboxylic acids is 1. The molecule has 204 valence electrons. The molecule has 1 heterocycles. The fourth-order valence-electron chi connectivity index (χ4n) is 4.35. The van der Waals surface area contributed by atoms with E-state index in [4.69, 9.17) is 11.6 Å². The zero-order valence-electron chi connectivity index (χ0n) is 22.4. The van der Waals surface area contributed by atoms with Crippen molar-refractivity contribution in [1.29, 1.82) is 0 Å². The zero-order chi connectivity index (χ0) is 27.8. The van der Waals surface area contributed by atoms with Crippen molar-refractivity contribution in [3.8, 4) is 11.4 Å². The summed E-state index contributed by atoms with van der Waals surface area (Å²) in [6.07, 6.45) is -2.19. The molecule has 39 heavy (non-hydrogen) atoms. The summed E-state index contributed by atoms with van der Waals surface area (Å²) < 4.78 is 15.4. The van der Waals surface area contributed by atoms with E-state index in [0.29, 0.717) is 35.1 Å². The number of aliphatic hydroxyl groups excluding tert-OH is 2. The summed E-state index contributed by atoms with van der Waals surface area (Å²) in [7, 11) is 0. The Kier molecular flexibility index (Phi) is 13.1. The summed E-state index contributed by atoms with van der Waals surface area (Å²) in [5.74, 6) is -1.84. The number of aromatic nitrogens is 2. The molecule has 1 amide bonds. The van der Waals surface area contributed by atoms with E-state index in [1.807, 2.05) is 36.6 Å². The maximum absolute atomic E-state index is 13.6. The summed E-state index contributed by atoms with van der Waals surface area (Å²) in [4.78, 5) is 28.6. The Morgan fingerprint density at radius 3 is 2.44 bits per heavy atom. The van der Waals surface area contributed by atoms with Gasteiger partial charge in [0.15, 0.2) is 0 Å². The average Bonchev–Trinajstić information content (AvgIpc) is 3.22. The maximum atomic E-state index is 13.6. The third kappa shape index (κ3) is 9.70. The summed E-state index contributed by atoms with van der Waals surface area (Å²) in [5, 5.41) is 34.5. The molecule has 0 saturated carbocycles. The van der Waals surface area contributed by atoms with E-state index in [1.54, 1.807) is 18.2 Å². The molecule has 1 aromatic heterocycles. The van der Waals surface area contributed by atoms with Gasteiger partial charge in [0.2, 0.25) is 0 Å². The van der Waals surface area contributed by atoms with Crippen molar-refractivity contribution in [2.24, 2.45) is 0 Å². The third-order valence-electron chi connectivity index (χ3n) is 6.09. The number of halogens is 2. The molecule has 3 aromatic rings. The fourth-order valence-corrected chi connectivity index (χ4v) is 4.56. The minimum Gasteiger partial charge on any atom is -0.550 e. The Hall–Kier alpha value is -2.27. The number of aliphatic carboxylic acids is 1. The normalized spacial score (nSPS) is 12.6. The third-order valence-corrected chi connectivity index (χ3v) is 6.33. The Balaban J connectivity index is 0.00000533. The molecule has 3 rings (SSSR count). The number of carbonyl (C=O) groups excluding carboxylic acids is 2. The number of nitrogens with one attached hydrogen (secondary N) is 1. The van der Waals surface area contributed by atoms with Crippen LogP contribution < -0.4 is 40.0 Å². The van der Waals surface area contributed by atoms with Crippen LogP contribution in [-0.2, 0) is 17.8 Å². The number of imidazole rings is 1. The van der Waals surface area contributed by atoms with Gasteiger partial charge < -0.3 is 30.0 Å². The van der Waals surface area contributed by atoms with Crippen LogP contribution in [0.2, 0.25) is 5.02 Å². The molecule has 0 aliphatic rings. The molecule has 0 aliphatic heterocycles. The van der Waals surface area contributed by atoms with Crippen molar-refractivity contribution in [2.75, 3.05) is 6.54 Å². The summed E-state index contributed by atoms with van der Waals surface area (Å²) in [6.45, 7) is 4.45. The number of benzene rings is 2. The summed E-state index contributed by atoms with van der Waals surface area (Å²) in [5.41, 5.74) is 2.45. The molecule has 0 saturated heterocycles. The predicted molar refractivity (Wildman–Crippen MR) is 140 cm³/mol. The van der Waals surface area contributed by atoms with Crippen LogP contribution in [0.1, 0.15) is 60.8 Å². The summed E-state index contributed by atoms with van der Waals surface area (Å²) >= 11 is 6.04. The van der Waals surface area contributed by atoms with E-state index in [2.05, 4.69) is 10.3 Å². The largest absolute Gasteiger partial charge is 1.00 e. The molecule has 0 fully saturated rings. The molecule has 3 N–H and O–H groups in total. The smallest absolute Gasteiger partial charge is 0.550 e. The fraction of sp³-hybridized carbons (Fsp3) is 0.393. The maximum Gasteiger partial charge on any atom is 1.00 e. The topological polar surface area (TPSA) is 128 Å². The second-order valence-electron chi connectivity index (χ2n) is 9.53. The van der Waals surface area contributed by atoms with Crippen molar-refractivity contribution in [1.82, 2.24) is 14.9 Å². The van der Waals surface area contributed by atoms with Crippen LogP contribution in [0.25, 0.3) is 11.4 Å². The predicted octanol–water partition coefficient (Wildman–Crippen LogP) is 0.0845. The molecule has 2 aromatic carbocycles. The van der Waals surface area contributed by atoms with Crippen LogP contribution in [-0.4, -0.2) is 50.4 Å². The van der Waals surface area contributed by atoms with Gasteiger partial charge in [-0.3, -0.25) is 4.79 Å². The molecule has 0 aliphatic carbocycles. The van der Waals surface area contributed by atoms with Gasteiger partial charge in [-0.1, -0.05) is 37.6 Å². The molecular formula is C28H32ClFN3NaO5. The monoisotopic (exact) mass is 567 g/mol. The standard InChI is InChI=1S/C28H33ClFN3O5.Na/c1-17(2)26-25(28(38)31-12-10-18-4-3-5-20(29)14-18)32-27(19-6-8-21(30)9-7-19)33(26)13-11-22(34)15-23(35)16-24(36)37;/h3-9,14,17,22-23,34-35H,10-13,15-16H2,1-2H3,(H,31,38)(H,36,37);/q;+1/p-1. The molecule has 0 radical (unpaired) electrons. The van der Waals surface area contributed by atoms with E-state index in [1.165, 1.54) is 12.1 Å². The first-order chi connectivity index (χ1) is 18.0. The van der Waals surface area contributed by atoms with Gasteiger partial charge in [-0.05, 0) is 67.1 Å². The van der Waals surface area contributed by atoms with Gasteiger partial charge in [0, 0.05) is 36.1 Å². The zero-order valence-corrected chi connectivity index (χ0v) is 25.1. The number of rotatable bonds is 13. The molecule has 0 spiro atoms. The van der Waals surface area contributed by atoms with Gasteiger partial charge in [0.25, 0.3) is 5.91 Å². The van der Waals surface area contributed by atoms with E-state index in [0.717, 1.165) is 5.56 Å². The molecule has 11 heteroatoms. The number of aliphatic hydroxyl groups is 2. The van der Waals surface area contributed by atoms with E-state index < -0.39 is 30.4 Å². The Labute approximate surface area is 254 Å². The first-order valence-electron chi connectivity index (χ1n) is 12.5. The van der Waals surface area contributed by atoms with Crippen molar-refractivity contribution >= 4 is 23.5 Å². The van der Waals surface area contributed by atoms with Gasteiger partial charge in [-0.15, -0.1) is 0 Å². The van der Waals surface area contributed by atoms with Crippen LogP contribution >= 0.6 is 11.6 Å². The molecule has 8 nitrogen and oxygen atoms in total. The number of nitrogens with zero attached hydrogens (tertiary/aromatic N) is 2. The van der Waals surface area contributed by atoms with Crippen LogP contribution in [0.15, 0.2) is 48.5 Å². The number of hydrogen-bond acceptors (Lipinski definition) is 6. The molecular weight excluding hydrogens is 536 g/mol. The average molecular weight is 568 g/mol. The Morgan fingerprint density at radius 2 is 1.82 bits per heavy atom. The Bertz CT molecular complexity index is 1250. The van der Waals surface area contributed by atoms with Crippen molar-refractivity contribution in [2.45, 2.75) is 64.2 Å². The first kappa shape index (κ1) is 32.9. The Morgan fingerprint density at radius 1 is 1.13 bits per heavy atom. The molecule has 2 atom stereocenters. The number of hydrogen-bond donors (Lipinski definition) is 3. The quantitative estimate of drug-likeness (QED) is 0.251. The van der Waals surface area contributed by atoms with Crippen molar-refractivity contribution < 1.29 is 58.9 Å². The van der Waals surface area contributed by atoms with Crippen LogP contribution in [0.5, 0.6) is 0 Å². The summed E-state index contributed by atoms with van der Waals surface area (Å²) in [6, 6.07) is 13.1. The number of amides is 1. The van der Waals surface area contributed by atoms with Gasteiger partial charge in [-0.25, -0.2) is 9.37 Å². The van der Waals surface area contributed by atoms with Gasteiger partial charge >= 0.3 is 29.6 Å². The molecule has 2 unspecified atom stereocenters. The minimum atomic E-state index is -1.40. The van der Waals surface area contributed by atoms with Crippen LogP contribution in [0.4, 0.5) is 4.39 Å². The van der Waals surface area contributed by atoms with Gasteiger partial charge in [0.1, 0.15) is 17.3 Å². The number of carboxylic acid groups (broad SMARTS) is 1. The first-order valence-corrected chi connectivity index (χ1v) is 12.9. The molecule has 0 bridgehead atoms. The van der Waals surface area contributed by atoms with E-state index in [-0.39, 0.29) is 66.5 Å². The van der Waals surface area contributed by atoms with Crippen LogP contribution in [0, 0.1) is 5.82 Å². The van der Waals surface area contributed by atoms with E-state index in [9.17, 15) is 29.3 Å². The van der Waals surface area contributed by atoms with Gasteiger partial charge in [-0.2, -0.15) is 0 Å². The van der Waals surface area contributed by atoms with Crippen molar-refractivity contribution in [3.05, 3.63) is 76.3 Å². The number of carbonyl (C=O) groups is 2. The van der Waals surface area contributed by atoms with Crippen LogP contribution in [0.3, 0.4) is 0 Å². The second-order valence-corrected chi connectivity index (χ2v) is 9.96. The SMILES string of the molecule is CC(C)c1c(C(=O)NCCc2cccc(Cl)c2)nc(-c2ccc(F)cc2)n1CCC(O)CC(O)CC(=O)[O-].[Na+]. The van der Waals surface area contributed by atoms with Crippen molar-refractivity contribution in [3.63, 3.8) is 0 Å². The minimum absolute atomic E-state index is 0.